The first-order valence-electron chi connectivity index (χ1n) is 6.40. The zero-order valence-electron chi connectivity index (χ0n) is 10.5. The fourth-order valence-electron chi connectivity index (χ4n) is 2.08. The first kappa shape index (κ1) is 12.1. The molecule has 1 aromatic rings. The first-order chi connectivity index (χ1) is 8.18. The molecule has 0 bridgehead atoms. The lowest BCUT2D eigenvalue weighted by Crippen LogP contribution is -2.39. The Morgan fingerprint density at radius 2 is 2.18 bits per heavy atom. The molecule has 0 aliphatic heterocycles. The molecular weight excluding hydrogens is 212 g/mol. The lowest BCUT2D eigenvalue weighted by Gasteiger charge is -2.28. The molecule has 1 aliphatic carbocycles. The van der Waals surface area contributed by atoms with E-state index in [1.807, 2.05) is 18.2 Å². The third-order valence-electron chi connectivity index (χ3n) is 3.45. The molecule has 1 atom stereocenters. The summed E-state index contributed by atoms with van der Waals surface area (Å²) in [6, 6.07) is 5.87. The highest BCUT2D eigenvalue weighted by molar-refractivity contribution is 5.79. The van der Waals surface area contributed by atoms with Gasteiger partial charge in [-0.1, -0.05) is 26.3 Å². The van der Waals surface area contributed by atoms with Crippen molar-refractivity contribution in [2.45, 2.75) is 39.2 Å². The second-order valence-electron chi connectivity index (χ2n) is 5.11. The number of nitrogens with one attached hydrogen (secondary N) is 1. The standard InChI is InChI=1S/C14H20N2O/c1-10(2)13(12-8-3-4-9-15-12)16-14(17)11-6-5-7-11/h3-4,8-11,13H,5-7H2,1-2H3,(H,16,17). The van der Waals surface area contributed by atoms with E-state index in [1.54, 1.807) is 6.20 Å². The number of rotatable bonds is 4. The summed E-state index contributed by atoms with van der Waals surface area (Å²) < 4.78 is 0. The SMILES string of the molecule is CC(C)C(NC(=O)C1CCC1)c1ccccn1. The summed E-state index contributed by atoms with van der Waals surface area (Å²) in [5, 5.41) is 3.13. The van der Waals surface area contributed by atoms with Gasteiger partial charge in [0.1, 0.15) is 0 Å². The highest BCUT2D eigenvalue weighted by Crippen LogP contribution is 2.28. The largest absolute Gasteiger partial charge is 0.347 e. The first-order valence-corrected chi connectivity index (χ1v) is 6.40. The van der Waals surface area contributed by atoms with Crippen LogP contribution in [-0.2, 0) is 4.79 Å². The Hall–Kier alpha value is -1.38. The predicted molar refractivity (Wildman–Crippen MR) is 67.3 cm³/mol. The van der Waals surface area contributed by atoms with Gasteiger partial charge < -0.3 is 5.32 Å². The molecule has 0 spiro atoms. The fourth-order valence-corrected chi connectivity index (χ4v) is 2.08. The van der Waals surface area contributed by atoms with E-state index in [9.17, 15) is 4.79 Å². The number of nitrogens with zero attached hydrogens (tertiary/aromatic N) is 1. The Morgan fingerprint density at radius 1 is 1.41 bits per heavy atom. The van der Waals surface area contributed by atoms with Gasteiger partial charge in [0.05, 0.1) is 11.7 Å². The molecule has 1 aromatic heterocycles. The van der Waals surface area contributed by atoms with E-state index in [2.05, 4.69) is 24.1 Å². The second-order valence-corrected chi connectivity index (χ2v) is 5.11. The summed E-state index contributed by atoms with van der Waals surface area (Å²) in [7, 11) is 0. The average molecular weight is 232 g/mol. The Kier molecular flexibility index (Phi) is 3.77. The molecular formula is C14H20N2O. The van der Waals surface area contributed by atoms with E-state index in [0.29, 0.717) is 5.92 Å². The summed E-state index contributed by atoms with van der Waals surface area (Å²) in [6.07, 6.45) is 5.05. The third kappa shape index (κ3) is 2.84. The predicted octanol–water partition coefficient (Wildman–Crippen LogP) is 2.70. The molecule has 0 aromatic carbocycles. The number of aromatic nitrogens is 1. The van der Waals surface area contributed by atoms with Crippen molar-refractivity contribution in [3.63, 3.8) is 0 Å². The molecule has 92 valence electrons. The van der Waals surface area contributed by atoms with Crippen molar-refractivity contribution in [1.29, 1.82) is 0 Å². The summed E-state index contributed by atoms with van der Waals surface area (Å²) in [6.45, 7) is 4.22. The molecule has 1 fully saturated rings. The van der Waals surface area contributed by atoms with Crippen LogP contribution in [0.2, 0.25) is 0 Å². The van der Waals surface area contributed by atoms with Gasteiger partial charge in [0, 0.05) is 12.1 Å². The van der Waals surface area contributed by atoms with Crippen LogP contribution in [0.3, 0.4) is 0 Å². The van der Waals surface area contributed by atoms with E-state index < -0.39 is 0 Å². The van der Waals surface area contributed by atoms with Crippen LogP contribution in [0.5, 0.6) is 0 Å². The molecule has 1 aliphatic rings. The minimum absolute atomic E-state index is 0.0318. The minimum atomic E-state index is 0.0318. The molecule has 0 saturated heterocycles. The van der Waals surface area contributed by atoms with Crippen LogP contribution in [0, 0.1) is 11.8 Å². The van der Waals surface area contributed by atoms with Gasteiger partial charge in [-0.05, 0) is 30.9 Å². The normalized spacial score (nSPS) is 17.6. The Morgan fingerprint density at radius 3 is 2.65 bits per heavy atom. The lowest BCUT2D eigenvalue weighted by molar-refractivity contribution is -0.128. The Balaban J connectivity index is 2.05. The number of amides is 1. The van der Waals surface area contributed by atoms with Crippen LogP contribution in [0.1, 0.15) is 44.8 Å². The van der Waals surface area contributed by atoms with E-state index in [-0.39, 0.29) is 17.9 Å². The van der Waals surface area contributed by atoms with Crippen molar-refractivity contribution in [2.24, 2.45) is 11.8 Å². The third-order valence-corrected chi connectivity index (χ3v) is 3.45. The van der Waals surface area contributed by atoms with Gasteiger partial charge in [0.15, 0.2) is 0 Å². The van der Waals surface area contributed by atoms with E-state index in [1.165, 1.54) is 6.42 Å². The van der Waals surface area contributed by atoms with Crippen molar-refractivity contribution in [1.82, 2.24) is 10.3 Å². The topological polar surface area (TPSA) is 42.0 Å². The molecule has 1 heterocycles. The molecule has 2 rings (SSSR count). The molecule has 1 amide bonds. The molecule has 1 N–H and O–H groups in total. The van der Waals surface area contributed by atoms with Gasteiger partial charge in [-0.15, -0.1) is 0 Å². The molecule has 1 saturated carbocycles. The van der Waals surface area contributed by atoms with Crippen LogP contribution in [0.4, 0.5) is 0 Å². The number of hydrogen-bond acceptors (Lipinski definition) is 2. The zero-order valence-corrected chi connectivity index (χ0v) is 10.5. The smallest absolute Gasteiger partial charge is 0.223 e. The van der Waals surface area contributed by atoms with Gasteiger partial charge in [-0.2, -0.15) is 0 Å². The van der Waals surface area contributed by atoms with Crippen LogP contribution in [0.15, 0.2) is 24.4 Å². The van der Waals surface area contributed by atoms with E-state index in [0.717, 1.165) is 18.5 Å². The van der Waals surface area contributed by atoms with Crippen molar-refractivity contribution in [3.05, 3.63) is 30.1 Å². The monoisotopic (exact) mass is 232 g/mol. The quantitative estimate of drug-likeness (QED) is 0.867. The Labute approximate surface area is 103 Å². The Bertz CT molecular complexity index is 371. The lowest BCUT2D eigenvalue weighted by atomic mass is 9.84. The highest BCUT2D eigenvalue weighted by Gasteiger charge is 2.28. The summed E-state index contributed by atoms with van der Waals surface area (Å²) in [4.78, 5) is 16.3. The van der Waals surface area contributed by atoms with Gasteiger partial charge in [0.2, 0.25) is 5.91 Å². The average Bonchev–Trinajstić information content (AvgIpc) is 2.24. The molecule has 1 unspecified atom stereocenters. The number of carbonyl (C=O) groups excluding carboxylic acids is 1. The van der Waals surface area contributed by atoms with Gasteiger partial charge in [-0.25, -0.2) is 0 Å². The highest BCUT2D eigenvalue weighted by atomic mass is 16.2. The second kappa shape index (κ2) is 5.30. The maximum absolute atomic E-state index is 12.0. The fraction of sp³-hybridized carbons (Fsp3) is 0.571. The molecule has 0 radical (unpaired) electrons. The van der Waals surface area contributed by atoms with E-state index >= 15 is 0 Å². The number of carbonyl (C=O) groups is 1. The van der Waals surface area contributed by atoms with Gasteiger partial charge in [-0.3, -0.25) is 9.78 Å². The zero-order chi connectivity index (χ0) is 12.3. The number of pyridine rings is 1. The van der Waals surface area contributed by atoms with Crippen molar-refractivity contribution < 1.29 is 4.79 Å². The summed E-state index contributed by atoms with van der Waals surface area (Å²) in [5.74, 6) is 0.787. The van der Waals surface area contributed by atoms with Crippen molar-refractivity contribution >= 4 is 5.91 Å². The maximum Gasteiger partial charge on any atom is 0.223 e. The minimum Gasteiger partial charge on any atom is -0.347 e. The van der Waals surface area contributed by atoms with Crippen LogP contribution < -0.4 is 5.32 Å². The molecule has 3 heteroatoms. The van der Waals surface area contributed by atoms with Crippen LogP contribution in [-0.4, -0.2) is 10.9 Å². The summed E-state index contributed by atoms with van der Waals surface area (Å²) >= 11 is 0. The van der Waals surface area contributed by atoms with E-state index in [4.69, 9.17) is 0 Å². The van der Waals surface area contributed by atoms with Crippen molar-refractivity contribution in [2.75, 3.05) is 0 Å². The molecule has 17 heavy (non-hydrogen) atoms. The van der Waals surface area contributed by atoms with Gasteiger partial charge in [0.25, 0.3) is 0 Å². The summed E-state index contributed by atoms with van der Waals surface area (Å²) in [5.41, 5.74) is 0.954. The molecule has 3 nitrogen and oxygen atoms in total. The van der Waals surface area contributed by atoms with Gasteiger partial charge >= 0.3 is 0 Å². The maximum atomic E-state index is 12.0. The van der Waals surface area contributed by atoms with Crippen LogP contribution >= 0.6 is 0 Å². The van der Waals surface area contributed by atoms with Crippen molar-refractivity contribution in [3.8, 4) is 0 Å². The number of hydrogen-bond donors (Lipinski definition) is 1. The van der Waals surface area contributed by atoms with Crippen LogP contribution in [0.25, 0.3) is 0 Å².